The lowest BCUT2D eigenvalue weighted by molar-refractivity contribution is 0.501. The second kappa shape index (κ2) is 8.40. The minimum absolute atomic E-state index is 0. The van der Waals surface area contributed by atoms with Gasteiger partial charge in [0.15, 0.2) is 5.96 Å². The van der Waals surface area contributed by atoms with Gasteiger partial charge in [0.25, 0.3) is 0 Å². The average molecular weight is 375 g/mol. The number of hydrogen-bond acceptors (Lipinski definition) is 1. The Balaban J connectivity index is 0.00000324. The van der Waals surface area contributed by atoms with Crippen LogP contribution in [-0.4, -0.2) is 18.0 Å². The number of aliphatic imine (C=N–C) groups is 1. The first kappa shape index (κ1) is 18.2. The highest BCUT2D eigenvalue weighted by atomic mass is 127. The largest absolute Gasteiger partial charge is 0.357 e. The molecule has 0 radical (unpaired) electrons. The molecule has 3 nitrogen and oxygen atoms in total. The summed E-state index contributed by atoms with van der Waals surface area (Å²) >= 11 is 0. The molecule has 4 heteroatoms. The quantitative estimate of drug-likeness (QED) is 0.482. The molecule has 0 fully saturated rings. The van der Waals surface area contributed by atoms with Gasteiger partial charge in [-0.2, -0.15) is 0 Å². The van der Waals surface area contributed by atoms with Gasteiger partial charge in [-0.25, -0.2) is 4.99 Å². The molecule has 1 aromatic carbocycles. The van der Waals surface area contributed by atoms with Crippen LogP contribution in [0.3, 0.4) is 0 Å². The second-order valence-electron chi connectivity index (χ2n) is 5.50. The van der Waals surface area contributed by atoms with Gasteiger partial charge in [0.05, 0.1) is 6.54 Å². The molecular formula is C15H26IN3. The van der Waals surface area contributed by atoms with Crippen molar-refractivity contribution in [2.45, 2.75) is 46.7 Å². The Hall–Kier alpha value is -0.780. The molecule has 0 atom stereocenters. The van der Waals surface area contributed by atoms with E-state index >= 15 is 0 Å². The van der Waals surface area contributed by atoms with Crippen LogP contribution in [0.1, 0.15) is 38.8 Å². The molecule has 0 aliphatic rings. The topological polar surface area (TPSA) is 36.4 Å². The molecular weight excluding hydrogens is 349 g/mol. The Morgan fingerprint density at radius 2 is 1.84 bits per heavy atom. The Labute approximate surface area is 134 Å². The van der Waals surface area contributed by atoms with E-state index in [1.807, 2.05) is 0 Å². The Kier molecular flexibility index (Phi) is 8.06. The van der Waals surface area contributed by atoms with Crippen molar-refractivity contribution in [3.63, 3.8) is 0 Å². The molecule has 0 spiro atoms. The van der Waals surface area contributed by atoms with Gasteiger partial charge in [-0.3, -0.25) is 0 Å². The van der Waals surface area contributed by atoms with Crippen molar-refractivity contribution in [2.75, 3.05) is 6.54 Å². The fourth-order valence-electron chi connectivity index (χ4n) is 1.61. The summed E-state index contributed by atoms with van der Waals surface area (Å²) < 4.78 is 0. The molecule has 0 heterocycles. The van der Waals surface area contributed by atoms with Crippen molar-refractivity contribution in [3.05, 3.63) is 35.4 Å². The van der Waals surface area contributed by atoms with Gasteiger partial charge in [0, 0.05) is 12.1 Å². The third-order valence-corrected chi connectivity index (χ3v) is 2.51. The zero-order valence-electron chi connectivity index (χ0n) is 12.6. The average Bonchev–Trinajstić information content (AvgIpc) is 2.26. The number of nitrogens with one attached hydrogen (secondary N) is 2. The van der Waals surface area contributed by atoms with E-state index in [1.165, 1.54) is 11.1 Å². The van der Waals surface area contributed by atoms with E-state index in [2.05, 4.69) is 74.5 Å². The maximum atomic E-state index is 4.62. The van der Waals surface area contributed by atoms with Crippen molar-refractivity contribution < 1.29 is 0 Å². The van der Waals surface area contributed by atoms with Crippen LogP contribution in [0.4, 0.5) is 0 Å². The van der Waals surface area contributed by atoms with Crippen LogP contribution in [0.2, 0.25) is 0 Å². The lowest BCUT2D eigenvalue weighted by Crippen LogP contribution is -2.47. The summed E-state index contributed by atoms with van der Waals surface area (Å²) in [5, 5.41) is 6.65. The van der Waals surface area contributed by atoms with E-state index in [9.17, 15) is 0 Å². The van der Waals surface area contributed by atoms with E-state index < -0.39 is 0 Å². The van der Waals surface area contributed by atoms with E-state index in [4.69, 9.17) is 0 Å². The first-order chi connectivity index (χ1) is 8.42. The van der Waals surface area contributed by atoms with Crippen LogP contribution in [0.15, 0.2) is 29.3 Å². The summed E-state index contributed by atoms with van der Waals surface area (Å²) in [4.78, 5) is 4.62. The molecule has 0 bridgehead atoms. The molecule has 19 heavy (non-hydrogen) atoms. The van der Waals surface area contributed by atoms with Gasteiger partial charge in [0.1, 0.15) is 0 Å². The Bertz CT molecular complexity index is 408. The van der Waals surface area contributed by atoms with Crippen molar-refractivity contribution in [1.82, 2.24) is 10.6 Å². The van der Waals surface area contributed by atoms with Gasteiger partial charge in [-0.1, -0.05) is 24.3 Å². The minimum atomic E-state index is 0. The van der Waals surface area contributed by atoms with Gasteiger partial charge in [0.2, 0.25) is 0 Å². The number of hydrogen-bond donors (Lipinski definition) is 2. The van der Waals surface area contributed by atoms with Gasteiger partial charge < -0.3 is 10.6 Å². The van der Waals surface area contributed by atoms with E-state index in [1.54, 1.807) is 0 Å². The van der Waals surface area contributed by atoms with E-state index in [-0.39, 0.29) is 29.5 Å². The van der Waals surface area contributed by atoms with Crippen molar-refractivity contribution in [3.8, 4) is 0 Å². The molecule has 0 aromatic heterocycles. The highest BCUT2D eigenvalue weighted by molar-refractivity contribution is 14.0. The maximum absolute atomic E-state index is 4.62. The van der Waals surface area contributed by atoms with Crippen LogP contribution in [0.5, 0.6) is 0 Å². The standard InChI is InChI=1S/C15H25N3.HI/c1-6-16-14(18-15(3,4)5)17-11-13-10-8-7-9-12(13)2;/h7-10H,6,11H2,1-5H3,(H2,16,17,18);1H. The maximum Gasteiger partial charge on any atom is 0.191 e. The van der Waals surface area contributed by atoms with Crippen LogP contribution in [0.25, 0.3) is 0 Å². The van der Waals surface area contributed by atoms with Crippen LogP contribution >= 0.6 is 24.0 Å². The highest BCUT2D eigenvalue weighted by Crippen LogP contribution is 2.08. The molecule has 1 aromatic rings. The molecule has 0 aliphatic heterocycles. The highest BCUT2D eigenvalue weighted by Gasteiger charge is 2.11. The van der Waals surface area contributed by atoms with E-state index in [0.717, 1.165) is 12.5 Å². The third kappa shape index (κ3) is 7.40. The van der Waals surface area contributed by atoms with Crippen LogP contribution in [-0.2, 0) is 6.54 Å². The first-order valence-electron chi connectivity index (χ1n) is 6.53. The lowest BCUT2D eigenvalue weighted by atomic mass is 10.1. The summed E-state index contributed by atoms with van der Waals surface area (Å²) in [6.45, 7) is 12.2. The molecule has 2 N–H and O–H groups in total. The number of aryl methyl sites for hydroxylation is 1. The monoisotopic (exact) mass is 375 g/mol. The molecule has 0 aliphatic carbocycles. The summed E-state index contributed by atoms with van der Waals surface area (Å²) in [5.41, 5.74) is 2.57. The van der Waals surface area contributed by atoms with Gasteiger partial charge >= 0.3 is 0 Å². The normalized spacial score (nSPS) is 11.7. The van der Waals surface area contributed by atoms with Crippen LogP contribution in [0, 0.1) is 6.92 Å². The minimum Gasteiger partial charge on any atom is -0.357 e. The molecule has 0 saturated carbocycles. The summed E-state index contributed by atoms with van der Waals surface area (Å²) in [6.07, 6.45) is 0. The van der Waals surface area contributed by atoms with Crippen molar-refractivity contribution >= 4 is 29.9 Å². The Morgan fingerprint density at radius 3 is 2.37 bits per heavy atom. The fourth-order valence-corrected chi connectivity index (χ4v) is 1.61. The number of rotatable bonds is 3. The van der Waals surface area contributed by atoms with Crippen molar-refractivity contribution in [1.29, 1.82) is 0 Å². The zero-order valence-corrected chi connectivity index (χ0v) is 14.9. The molecule has 0 saturated heterocycles. The Morgan fingerprint density at radius 1 is 1.21 bits per heavy atom. The predicted molar refractivity (Wildman–Crippen MR) is 94.3 cm³/mol. The SMILES string of the molecule is CCNC(=NCc1ccccc1C)NC(C)(C)C.I. The first-order valence-corrected chi connectivity index (χ1v) is 6.53. The molecule has 0 unspecified atom stereocenters. The molecule has 108 valence electrons. The number of guanidine groups is 1. The van der Waals surface area contributed by atoms with Gasteiger partial charge in [-0.15, -0.1) is 24.0 Å². The second-order valence-corrected chi connectivity index (χ2v) is 5.50. The number of nitrogens with zero attached hydrogens (tertiary/aromatic N) is 1. The van der Waals surface area contributed by atoms with E-state index in [0.29, 0.717) is 6.54 Å². The zero-order chi connectivity index (χ0) is 13.6. The predicted octanol–water partition coefficient (Wildman–Crippen LogP) is 3.47. The van der Waals surface area contributed by atoms with Crippen molar-refractivity contribution in [2.24, 2.45) is 4.99 Å². The summed E-state index contributed by atoms with van der Waals surface area (Å²) in [6, 6.07) is 8.36. The summed E-state index contributed by atoms with van der Waals surface area (Å²) in [7, 11) is 0. The molecule has 1 rings (SSSR count). The number of benzene rings is 1. The summed E-state index contributed by atoms with van der Waals surface area (Å²) in [5.74, 6) is 0.869. The smallest absolute Gasteiger partial charge is 0.191 e. The third-order valence-electron chi connectivity index (χ3n) is 2.51. The van der Waals surface area contributed by atoms with Crippen LogP contribution < -0.4 is 10.6 Å². The number of halogens is 1. The fraction of sp³-hybridized carbons (Fsp3) is 0.533. The lowest BCUT2D eigenvalue weighted by Gasteiger charge is -2.23. The van der Waals surface area contributed by atoms with Gasteiger partial charge in [-0.05, 0) is 45.7 Å². The molecule has 0 amide bonds.